The summed E-state index contributed by atoms with van der Waals surface area (Å²) in [6.07, 6.45) is -0.0931. The summed E-state index contributed by atoms with van der Waals surface area (Å²) >= 11 is 3.40. The highest BCUT2D eigenvalue weighted by atomic mass is 32.2. The van der Waals surface area contributed by atoms with Crippen molar-refractivity contribution in [3.8, 4) is 11.1 Å². The van der Waals surface area contributed by atoms with Crippen LogP contribution in [-0.2, 0) is 32.2 Å². The van der Waals surface area contributed by atoms with Crippen molar-refractivity contribution in [2.75, 3.05) is 18.9 Å². The first-order chi connectivity index (χ1) is 23.5. The largest absolute Gasteiger partial charge is 0.465 e. The highest BCUT2D eigenvalue weighted by molar-refractivity contribution is 8.01. The number of nitrogens with zero attached hydrogens (tertiary/aromatic N) is 1. The molecule has 6 rings (SSSR count). The number of rotatable bonds is 12. The van der Waals surface area contributed by atoms with Gasteiger partial charge in [0.15, 0.2) is 10.6 Å². The van der Waals surface area contributed by atoms with E-state index in [1.54, 1.807) is 30.0 Å². The van der Waals surface area contributed by atoms with E-state index in [4.69, 9.17) is 19.2 Å². The third-order valence-corrected chi connectivity index (χ3v) is 10.2. The molecule has 248 valence electrons. The maximum atomic E-state index is 12.1. The zero-order valence-corrected chi connectivity index (χ0v) is 28.1. The second kappa shape index (κ2) is 16.2. The molecule has 2 heterocycles. The summed E-state index contributed by atoms with van der Waals surface area (Å²) in [5, 5.41) is 14.8. The van der Waals surface area contributed by atoms with Gasteiger partial charge in [-0.1, -0.05) is 90.6 Å². The SMILES string of the molecule is CCOC(=O)CNC(=O)NCc1cccc(-c2ccc([C@H]3O[C@@H](CSc4nc5ccccc5s4)C[C@@H](c4ccc(CO)cc4)O3)cc2)c1. The molecule has 0 aliphatic carbocycles. The van der Waals surface area contributed by atoms with Crippen molar-refractivity contribution >= 4 is 45.3 Å². The molecule has 1 aromatic heterocycles. The normalized spacial score (nSPS) is 17.6. The average Bonchev–Trinajstić information content (AvgIpc) is 3.56. The fourth-order valence-electron chi connectivity index (χ4n) is 5.40. The van der Waals surface area contributed by atoms with E-state index in [1.165, 1.54) is 4.70 Å². The maximum Gasteiger partial charge on any atom is 0.325 e. The van der Waals surface area contributed by atoms with E-state index in [-0.39, 0.29) is 32.0 Å². The molecule has 2 amide bonds. The number of urea groups is 1. The molecule has 0 bridgehead atoms. The first-order valence-corrected chi connectivity index (χ1v) is 17.6. The van der Waals surface area contributed by atoms with Crippen molar-refractivity contribution in [1.82, 2.24) is 15.6 Å². The van der Waals surface area contributed by atoms with Gasteiger partial charge in [0.1, 0.15) is 6.54 Å². The predicted molar refractivity (Wildman–Crippen MR) is 188 cm³/mol. The number of carbonyl (C=O) groups is 2. The van der Waals surface area contributed by atoms with Crippen LogP contribution in [0.15, 0.2) is 101 Å². The Morgan fingerprint density at radius 3 is 2.48 bits per heavy atom. The molecule has 11 heteroatoms. The summed E-state index contributed by atoms with van der Waals surface area (Å²) < 4.78 is 20.1. The molecule has 1 fully saturated rings. The monoisotopic (exact) mass is 683 g/mol. The van der Waals surface area contributed by atoms with Crippen LogP contribution in [0.3, 0.4) is 0 Å². The third kappa shape index (κ3) is 8.80. The number of hydrogen-bond acceptors (Lipinski definition) is 9. The molecule has 1 aliphatic heterocycles. The summed E-state index contributed by atoms with van der Waals surface area (Å²) in [5.41, 5.74) is 6.78. The topological polar surface area (TPSA) is 119 Å². The zero-order chi connectivity index (χ0) is 33.3. The van der Waals surface area contributed by atoms with Crippen molar-refractivity contribution in [1.29, 1.82) is 0 Å². The molecule has 9 nitrogen and oxygen atoms in total. The minimum Gasteiger partial charge on any atom is -0.465 e. The molecule has 3 N–H and O–H groups in total. The second-order valence-corrected chi connectivity index (χ2v) is 13.6. The van der Waals surface area contributed by atoms with Crippen LogP contribution < -0.4 is 10.6 Å². The Morgan fingerprint density at radius 2 is 1.71 bits per heavy atom. The summed E-state index contributed by atoms with van der Waals surface area (Å²) in [4.78, 5) is 28.4. The van der Waals surface area contributed by atoms with Crippen LogP contribution in [-0.4, -0.2) is 47.1 Å². The van der Waals surface area contributed by atoms with Gasteiger partial charge in [-0.25, -0.2) is 9.78 Å². The number of hydrogen-bond donors (Lipinski definition) is 3. The Bertz CT molecular complexity index is 1800. The summed E-state index contributed by atoms with van der Waals surface area (Å²) in [6.45, 7) is 2.11. The molecular formula is C37H37N3O6S2. The standard InChI is InChI=1S/C37H37N3O6S2/c1-2-44-34(42)21-39-36(43)38-20-25-6-5-7-29(18-25)26-14-16-28(17-15-26)35-45-30(19-32(46-35)27-12-10-24(22-41)11-13-27)23-47-37-40-31-8-3-4-9-33(31)48-37/h3-18,30,32,35,41H,2,19-23H2,1H3,(H2,38,39,43)/t30-,32+,35+/m1/s1. The number of aromatic nitrogens is 1. The Hall–Kier alpha value is -4.26. The van der Waals surface area contributed by atoms with Gasteiger partial charge in [0.05, 0.1) is 35.6 Å². The number of thioether (sulfide) groups is 1. The Kier molecular flexibility index (Phi) is 11.4. The van der Waals surface area contributed by atoms with Gasteiger partial charge in [-0.2, -0.15) is 0 Å². The molecule has 1 aliphatic rings. The van der Waals surface area contributed by atoms with Crippen LogP contribution in [0.4, 0.5) is 4.79 Å². The van der Waals surface area contributed by atoms with E-state index in [0.717, 1.165) is 49.0 Å². The van der Waals surface area contributed by atoms with Crippen molar-refractivity contribution in [3.05, 3.63) is 119 Å². The number of carbonyl (C=O) groups excluding carboxylic acids is 2. The quantitative estimate of drug-likeness (QED) is 0.0937. The van der Waals surface area contributed by atoms with Gasteiger partial charge in [-0.05, 0) is 52.9 Å². The summed E-state index contributed by atoms with van der Waals surface area (Å²) in [7, 11) is 0. The Balaban J connectivity index is 1.12. The lowest BCUT2D eigenvalue weighted by Gasteiger charge is -2.36. The zero-order valence-electron chi connectivity index (χ0n) is 26.5. The van der Waals surface area contributed by atoms with Crippen LogP contribution in [0.25, 0.3) is 21.3 Å². The highest BCUT2D eigenvalue weighted by Gasteiger charge is 2.32. The molecule has 0 unspecified atom stereocenters. The number of esters is 1. The van der Waals surface area contributed by atoms with E-state index in [0.29, 0.717) is 13.0 Å². The maximum absolute atomic E-state index is 12.1. The van der Waals surface area contributed by atoms with Gasteiger partial charge >= 0.3 is 12.0 Å². The molecule has 0 saturated carbocycles. The van der Waals surface area contributed by atoms with Gasteiger partial charge in [-0.3, -0.25) is 4.79 Å². The Morgan fingerprint density at radius 1 is 0.917 bits per heavy atom. The van der Waals surface area contributed by atoms with Crippen molar-refractivity contribution < 1.29 is 28.9 Å². The number of benzene rings is 4. The van der Waals surface area contributed by atoms with E-state index in [9.17, 15) is 14.7 Å². The number of ether oxygens (including phenoxy) is 3. The number of thiazole rings is 1. The van der Waals surface area contributed by atoms with Gasteiger partial charge < -0.3 is 30.0 Å². The van der Waals surface area contributed by atoms with Crippen LogP contribution in [0.5, 0.6) is 0 Å². The van der Waals surface area contributed by atoms with E-state index >= 15 is 0 Å². The van der Waals surface area contributed by atoms with Crippen LogP contribution >= 0.6 is 23.1 Å². The number of aliphatic hydroxyl groups excluding tert-OH is 1. The molecule has 3 atom stereocenters. The van der Waals surface area contributed by atoms with Crippen molar-refractivity contribution in [2.24, 2.45) is 0 Å². The van der Waals surface area contributed by atoms with E-state index in [1.807, 2.05) is 91.0 Å². The predicted octanol–water partition coefficient (Wildman–Crippen LogP) is 7.16. The van der Waals surface area contributed by atoms with Crippen LogP contribution in [0, 0.1) is 0 Å². The smallest absolute Gasteiger partial charge is 0.325 e. The van der Waals surface area contributed by atoms with Crippen LogP contribution in [0.2, 0.25) is 0 Å². The molecule has 0 spiro atoms. The van der Waals surface area contributed by atoms with Gasteiger partial charge in [-0.15, -0.1) is 11.3 Å². The first kappa shape index (κ1) is 33.6. The lowest BCUT2D eigenvalue weighted by atomic mass is 9.99. The molecular weight excluding hydrogens is 647 g/mol. The Labute approximate surface area is 287 Å². The first-order valence-electron chi connectivity index (χ1n) is 15.8. The van der Waals surface area contributed by atoms with E-state index in [2.05, 4.69) is 16.7 Å². The molecule has 4 aromatic carbocycles. The van der Waals surface area contributed by atoms with Gasteiger partial charge in [0, 0.05) is 24.3 Å². The lowest BCUT2D eigenvalue weighted by Crippen LogP contribution is -2.38. The molecule has 0 radical (unpaired) electrons. The number of para-hydroxylation sites is 1. The fraction of sp³-hybridized carbons (Fsp3) is 0.270. The van der Waals surface area contributed by atoms with Crippen molar-refractivity contribution in [3.63, 3.8) is 0 Å². The summed E-state index contributed by atoms with van der Waals surface area (Å²) in [5.74, 6) is 0.262. The highest BCUT2D eigenvalue weighted by Crippen LogP contribution is 2.40. The minimum absolute atomic E-state index is 0.00278. The lowest BCUT2D eigenvalue weighted by molar-refractivity contribution is -0.245. The molecule has 1 saturated heterocycles. The minimum atomic E-state index is -0.556. The number of amides is 2. The summed E-state index contributed by atoms with van der Waals surface area (Å²) in [6, 6.07) is 31.7. The third-order valence-electron chi connectivity index (χ3n) is 7.88. The van der Waals surface area contributed by atoms with Gasteiger partial charge in [0.25, 0.3) is 0 Å². The average molecular weight is 684 g/mol. The van der Waals surface area contributed by atoms with Crippen molar-refractivity contribution in [2.45, 2.75) is 49.3 Å². The number of nitrogens with one attached hydrogen (secondary N) is 2. The molecule has 48 heavy (non-hydrogen) atoms. The number of fused-ring (bicyclic) bond motifs is 1. The van der Waals surface area contributed by atoms with Crippen LogP contribution in [0.1, 0.15) is 48.0 Å². The second-order valence-electron chi connectivity index (χ2n) is 11.3. The number of aliphatic hydroxyl groups is 1. The molecule has 5 aromatic rings. The van der Waals surface area contributed by atoms with E-state index < -0.39 is 18.3 Å². The fourth-order valence-corrected chi connectivity index (χ4v) is 7.51. The van der Waals surface area contributed by atoms with Gasteiger partial charge in [0.2, 0.25) is 0 Å².